The second-order valence-electron chi connectivity index (χ2n) is 6.26. The Labute approximate surface area is 131 Å². The largest absolute Gasteiger partial charge is 0.381 e. The van der Waals surface area contributed by atoms with E-state index < -0.39 is 0 Å². The predicted octanol–water partition coefficient (Wildman–Crippen LogP) is 2.74. The summed E-state index contributed by atoms with van der Waals surface area (Å²) in [6.45, 7) is 1.67. The van der Waals surface area contributed by atoms with Crippen molar-refractivity contribution in [2.24, 2.45) is 0 Å². The van der Waals surface area contributed by atoms with Crippen molar-refractivity contribution in [3.63, 3.8) is 0 Å². The van der Waals surface area contributed by atoms with Gasteiger partial charge in [-0.2, -0.15) is 0 Å². The lowest BCUT2D eigenvalue weighted by Gasteiger charge is -2.22. The van der Waals surface area contributed by atoms with Gasteiger partial charge in [0.1, 0.15) is 5.69 Å². The third-order valence-corrected chi connectivity index (χ3v) is 4.49. The number of nitrogens with zero attached hydrogens (tertiary/aromatic N) is 1. The highest BCUT2D eigenvalue weighted by molar-refractivity contribution is 5.92. The van der Waals surface area contributed by atoms with Gasteiger partial charge in [0.15, 0.2) is 0 Å². The van der Waals surface area contributed by atoms with Gasteiger partial charge in [0, 0.05) is 19.2 Å². The molecule has 1 aromatic rings. The Morgan fingerprint density at radius 3 is 2.73 bits per heavy atom. The first-order chi connectivity index (χ1) is 10.8. The number of carbonyl (C=O) groups is 1. The summed E-state index contributed by atoms with van der Waals surface area (Å²) < 4.78 is 5.57. The molecule has 5 nitrogen and oxygen atoms in total. The summed E-state index contributed by atoms with van der Waals surface area (Å²) in [5, 5.41) is 6.40. The zero-order chi connectivity index (χ0) is 15.2. The van der Waals surface area contributed by atoms with Crippen LogP contribution in [0.3, 0.4) is 0 Å². The summed E-state index contributed by atoms with van der Waals surface area (Å²) >= 11 is 0. The highest BCUT2D eigenvalue weighted by atomic mass is 16.5. The Bertz CT molecular complexity index is 477. The minimum Gasteiger partial charge on any atom is -0.381 e. The monoisotopic (exact) mass is 303 g/mol. The van der Waals surface area contributed by atoms with Crippen LogP contribution in [0.2, 0.25) is 0 Å². The second kappa shape index (κ2) is 7.58. The Morgan fingerprint density at radius 1 is 1.18 bits per heavy atom. The van der Waals surface area contributed by atoms with E-state index in [4.69, 9.17) is 4.74 Å². The molecule has 2 fully saturated rings. The number of nitrogens with one attached hydrogen (secondary N) is 2. The van der Waals surface area contributed by atoms with Crippen LogP contribution in [0.1, 0.15) is 55.4 Å². The van der Waals surface area contributed by atoms with E-state index in [1.807, 2.05) is 6.07 Å². The fourth-order valence-electron chi connectivity index (χ4n) is 3.18. The quantitative estimate of drug-likeness (QED) is 0.878. The summed E-state index contributed by atoms with van der Waals surface area (Å²) in [7, 11) is 0. The molecule has 3 rings (SSSR count). The molecule has 1 atom stereocenters. The summed E-state index contributed by atoms with van der Waals surface area (Å²) in [5.41, 5.74) is 1.43. The number of pyridine rings is 1. The molecule has 1 amide bonds. The number of anilines is 1. The van der Waals surface area contributed by atoms with Crippen molar-refractivity contribution in [2.45, 2.75) is 57.1 Å². The molecule has 120 valence electrons. The molecule has 1 saturated carbocycles. The van der Waals surface area contributed by atoms with Gasteiger partial charge < -0.3 is 15.4 Å². The van der Waals surface area contributed by atoms with Crippen LogP contribution in [0, 0.1) is 0 Å². The van der Waals surface area contributed by atoms with Crippen molar-refractivity contribution < 1.29 is 9.53 Å². The Morgan fingerprint density at radius 2 is 2.05 bits per heavy atom. The van der Waals surface area contributed by atoms with Crippen LogP contribution >= 0.6 is 0 Å². The first-order valence-electron chi connectivity index (χ1n) is 8.43. The smallest absolute Gasteiger partial charge is 0.270 e. The van der Waals surface area contributed by atoms with Gasteiger partial charge in [0.2, 0.25) is 0 Å². The number of amides is 1. The molecule has 0 bridgehead atoms. The van der Waals surface area contributed by atoms with Crippen LogP contribution in [0.4, 0.5) is 5.69 Å². The molecule has 1 unspecified atom stereocenters. The standard InChI is InChI=1S/C17H25N3O2/c21-17(20-13-5-2-1-3-6-13)16-9-8-14(11-19-16)18-12-15-7-4-10-22-15/h8-9,11,13,15,18H,1-7,10,12H2,(H,20,21). The fourth-order valence-corrected chi connectivity index (χ4v) is 3.18. The lowest BCUT2D eigenvalue weighted by atomic mass is 9.95. The molecular formula is C17H25N3O2. The lowest BCUT2D eigenvalue weighted by Crippen LogP contribution is -2.36. The predicted molar refractivity (Wildman–Crippen MR) is 86.0 cm³/mol. The van der Waals surface area contributed by atoms with Gasteiger partial charge in [-0.3, -0.25) is 4.79 Å². The van der Waals surface area contributed by atoms with Gasteiger partial charge in [-0.15, -0.1) is 0 Å². The van der Waals surface area contributed by atoms with E-state index in [-0.39, 0.29) is 5.91 Å². The van der Waals surface area contributed by atoms with Crippen LogP contribution in [-0.2, 0) is 4.74 Å². The van der Waals surface area contributed by atoms with Gasteiger partial charge in [-0.25, -0.2) is 4.98 Å². The van der Waals surface area contributed by atoms with E-state index in [1.165, 1.54) is 19.3 Å². The van der Waals surface area contributed by atoms with Crippen LogP contribution in [0.25, 0.3) is 0 Å². The first-order valence-corrected chi connectivity index (χ1v) is 8.43. The summed E-state index contributed by atoms with van der Waals surface area (Å²) in [5.74, 6) is -0.0578. The van der Waals surface area contributed by atoms with Crippen molar-refractivity contribution in [1.29, 1.82) is 0 Å². The summed E-state index contributed by atoms with van der Waals surface area (Å²) in [6, 6.07) is 4.02. The zero-order valence-corrected chi connectivity index (χ0v) is 13.0. The van der Waals surface area contributed by atoms with E-state index in [9.17, 15) is 4.79 Å². The lowest BCUT2D eigenvalue weighted by molar-refractivity contribution is 0.0922. The molecule has 1 saturated heterocycles. The number of carbonyl (C=O) groups excluding carboxylic acids is 1. The van der Waals surface area contributed by atoms with Crippen LogP contribution < -0.4 is 10.6 Å². The molecule has 22 heavy (non-hydrogen) atoms. The van der Waals surface area contributed by atoms with Crippen molar-refractivity contribution in [2.75, 3.05) is 18.5 Å². The maximum Gasteiger partial charge on any atom is 0.270 e. The number of hydrogen-bond acceptors (Lipinski definition) is 4. The van der Waals surface area contributed by atoms with Gasteiger partial charge in [0.05, 0.1) is 18.0 Å². The number of hydrogen-bond donors (Lipinski definition) is 2. The fraction of sp³-hybridized carbons (Fsp3) is 0.647. The molecule has 0 radical (unpaired) electrons. The van der Waals surface area contributed by atoms with Gasteiger partial charge in [0.25, 0.3) is 5.91 Å². The van der Waals surface area contributed by atoms with E-state index in [2.05, 4.69) is 15.6 Å². The molecule has 1 aromatic heterocycles. The number of rotatable bonds is 5. The Hall–Kier alpha value is -1.62. The van der Waals surface area contributed by atoms with Gasteiger partial charge >= 0.3 is 0 Å². The highest BCUT2D eigenvalue weighted by Crippen LogP contribution is 2.18. The van der Waals surface area contributed by atoms with Crippen LogP contribution in [0.15, 0.2) is 18.3 Å². The van der Waals surface area contributed by atoms with E-state index in [0.29, 0.717) is 17.8 Å². The first kappa shape index (κ1) is 15.3. The number of ether oxygens (including phenoxy) is 1. The molecule has 5 heteroatoms. The van der Waals surface area contributed by atoms with Crippen molar-refractivity contribution in [1.82, 2.24) is 10.3 Å². The zero-order valence-electron chi connectivity index (χ0n) is 13.0. The summed E-state index contributed by atoms with van der Waals surface area (Å²) in [6.07, 6.45) is 10.2. The molecule has 0 spiro atoms. The van der Waals surface area contributed by atoms with Crippen LogP contribution in [0.5, 0.6) is 0 Å². The SMILES string of the molecule is O=C(NC1CCCCC1)c1ccc(NCC2CCCO2)cn1. The normalized spacial score (nSPS) is 22.5. The topological polar surface area (TPSA) is 63.2 Å². The molecule has 0 aromatic carbocycles. The molecule has 1 aliphatic heterocycles. The third-order valence-electron chi connectivity index (χ3n) is 4.49. The maximum absolute atomic E-state index is 12.2. The molecule has 2 heterocycles. The maximum atomic E-state index is 12.2. The third kappa shape index (κ3) is 4.19. The minimum absolute atomic E-state index is 0.0578. The highest BCUT2D eigenvalue weighted by Gasteiger charge is 2.18. The van der Waals surface area contributed by atoms with Crippen molar-refractivity contribution in [3.8, 4) is 0 Å². The second-order valence-corrected chi connectivity index (χ2v) is 6.26. The van der Waals surface area contributed by atoms with Gasteiger partial charge in [-0.05, 0) is 37.8 Å². The number of aromatic nitrogens is 1. The molecule has 1 aliphatic carbocycles. The average Bonchev–Trinajstić information content (AvgIpc) is 3.08. The van der Waals surface area contributed by atoms with Crippen LogP contribution in [-0.4, -0.2) is 36.2 Å². The van der Waals surface area contributed by atoms with Crippen molar-refractivity contribution in [3.05, 3.63) is 24.0 Å². The van der Waals surface area contributed by atoms with E-state index in [1.54, 1.807) is 12.3 Å². The molecule has 2 aliphatic rings. The Kier molecular flexibility index (Phi) is 5.27. The molecular weight excluding hydrogens is 278 g/mol. The summed E-state index contributed by atoms with van der Waals surface area (Å²) in [4.78, 5) is 16.5. The van der Waals surface area contributed by atoms with Gasteiger partial charge in [-0.1, -0.05) is 19.3 Å². The van der Waals surface area contributed by atoms with E-state index in [0.717, 1.165) is 44.5 Å². The van der Waals surface area contributed by atoms with E-state index >= 15 is 0 Å². The average molecular weight is 303 g/mol. The van der Waals surface area contributed by atoms with Crippen molar-refractivity contribution >= 4 is 11.6 Å². The molecule has 2 N–H and O–H groups in total. The minimum atomic E-state index is -0.0578. The Balaban J connectivity index is 1.48.